The van der Waals surface area contributed by atoms with Crippen LogP contribution in [0.15, 0.2) is 55.1 Å². The molecule has 39 heavy (non-hydrogen) atoms. The molecule has 10 nitrogen and oxygen atoms in total. The molecule has 0 aliphatic rings. The number of carbonyl (C=O) groups excluding carboxylic acids is 2. The van der Waals surface area contributed by atoms with E-state index in [1.54, 1.807) is 5.32 Å². The van der Waals surface area contributed by atoms with Gasteiger partial charge in [-0.2, -0.15) is 13.2 Å². The number of fused-ring (bicyclic) bond motifs is 1. The van der Waals surface area contributed by atoms with Gasteiger partial charge in [0, 0.05) is 11.1 Å². The second-order valence-corrected chi connectivity index (χ2v) is 7.97. The summed E-state index contributed by atoms with van der Waals surface area (Å²) < 4.78 is 72.0. The number of alkyl halides is 3. The normalized spacial score (nSPS) is 11.3. The zero-order valence-corrected chi connectivity index (χ0v) is 19.9. The van der Waals surface area contributed by atoms with Crippen LogP contribution in [0.1, 0.15) is 10.4 Å². The molecule has 4 N–H and O–H groups in total. The summed E-state index contributed by atoms with van der Waals surface area (Å²) in [4.78, 5) is 27.9. The van der Waals surface area contributed by atoms with E-state index in [0.29, 0.717) is 5.56 Å². The molecule has 4 rings (SSSR count). The van der Waals surface area contributed by atoms with Gasteiger partial charge in [-0.3, -0.25) is 9.59 Å². The first kappa shape index (κ1) is 27.0. The molecule has 2 aromatic heterocycles. The Bertz CT molecular complexity index is 1620. The van der Waals surface area contributed by atoms with Gasteiger partial charge in [-0.1, -0.05) is 18.7 Å². The number of nitrogens with two attached hydrogens (primary N) is 1. The van der Waals surface area contributed by atoms with Gasteiger partial charge in [-0.05, 0) is 29.8 Å². The largest absolute Gasteiger partial charge is 0.496 e. The molecule has 2 aromatic carbocycles. The smallest absolute Gasteiger partial charge is 0.405 e. The third-order valence-electron chi connectivity index (χ3n) is 5.39. The van der Waals surface area contributed by atoms with Crippen LogP contribution in [-0.2, 0) is 4.79 Å². The van der Waals surface area contributed by atoms with Gasteiger partial charge in [-0.15, -0.1) is 14.8 Å². The topological polar surface area (TPSA) is 137 Å². The Labute approximate surface area is 216 Å². The van der Waals surface area contributed by atoms with E-state index in [1.165, 1.54) is 37.4 Å². The highest BCUT2D eigenvalue weighted by molar-refractivity contribution is 6.02. The minimum absolute atomic E-state index is 0.00414. The maximum Gasteiger partial charge on any atom is 0.405 e. The average molecular weight is 547 g/mol. The number of ether oxygens (including phenoxy) is 1. The number of benzene rings is 2. The highest BCUT2D eigenvalue weighted by atomic mass is 19.4. The molecule has 2 amide bonds. The lowest BCUT2D eigenvalue weighted by Gasteiger charge is -2.13. The Kier molecular flexibility index (Phi) is 7.16. The second kappa shape index (κ2) is 10.4. The van der Waals surface area contributed by atoms with Crippen molar-refractivity contribution in [2.24, 2.45) is 0 Å². The lowest BCUT2D eigenvalue weighted by atomic mass is 9.97. The van der Waals surface area contributed by atoms with E-state index in [-0.39, 0.29) is 45.2 Å². The van der Waals surface area contributed by atoms with Gasteiger partial charge in [0.15, 0.2) is 11.6 Å². The molecule has 4 aromatic rings. The molecule has 0 radical (unpaired) electrons. The molecule has 15 heteroatoms. The molecule has 0 atom stereocenters. The fourth-order valence-electron chi connectivity index (χ4n) is 3.66. The van der Waals surface area contributed by atoms with Crippen molar-refractivity contribution in [3.05, 3.63) is 66.5 Å². The number of aromatic nitrogens is 4. The molecule has 0 bridgehead atoms. The third kappa shape index (κ3) is 5.61. The standard InChI is InChI=1S/C24H18F5N7O3/c1-11(25)22(37)34-16-6-4-13(7-15(16)26)19-18(20-21(30)32-10-33-36(20)35-19)12-3-5-14(17(8-12)39-2)23(38)31-9-24(27,28)29/h3-8,10H,1,9H2,2H3,(H,31,38)(H,34,37)(H2,30,32,33). The van der Waals surface area contributed by atoms with Crippen LogP contribution in [0.4, 0.5) is 33.5 Å². The maximum atomic E-state index is 14.8. The maximum absolute atomic E-state index is 14.8. The number of nitrogens with zero attached hydrogens (tertiary/aromatic N) is 4. The van der Waals surface area contributed by atoms with Crippen molar-refractivity contribution in [2.45, 2.75) is 6.18 Å². The van der Waals surface area contributed by atoms with E-state index >= 15 is 0 Å². The van der Waals surface area contributed by atoms with Crippen molar-refractivity contribution in [3.63, 3.8) is 0 Å². The number of rotatable bonds is 7. The Hall–Kier alpha value is -5.08. The number of anilines is 2. The summed E-state index contributed by atoms with van der Waals surface area (Å²) in [5.41, 5.74) is 6.73. The number of nitrogen functional groups attached to an aromatic ring is 1. The third-order valence-corrected chi connectivity index (χ3v) is 5.39. The summed E-state index contributed by atoms with van der Waals surface area (Å²) in [6, 6.07) is 7.63. The molecule has 0 unspecified atom stereocenters. The molecule has 0 aliphatic carbocycles. The fraction of sp³-hybridized carbons (Fsp3) is 0.125. The number of carbonyl (C=O) groups is 2. The summed E-state index contributed by atoms with van der Waals surface area (Å²) in [6.07, 6.45) is -3.47. The molecule has 202 valence electrons. The zero-order chi connectivity index (χ0) is 28.5. The van der Waals surface area contributed by atoms with Gasteiger partial charge in [0.05, 0.1) is 18.4 Å². The van der Waals surface area contributed by atoms with Crippen LogP contribution in [0.5, 0.6) is 5.75 Å². The van der Waals surface area contributed by atoms with Crippen molar-refractivity contribution < 1.29 is 36.3 Å². The summed E-state index contributed by atoms with van der Waals surface area (Å²) in [5, 5.41) is 12.2. The van der Waals surface area contributed by atoms with Gasteiger partial charge < -0.3 is 21.1 Å². The Morgan fingerprint density at radius 2 is 1.87 bits per heavy atom. The van der Waals surface area contributed by atoms with Gasteiger partial charge in [-0.25, -0.2) is 13.8 Å². The molecule has 0 spiro atoms. The second-order valence-electron chi connectivity index (χ2n) is 7.97. The van der Waals surface area contributed by atoms with Crippen molar-refractivity contribution in [1.29, 1.82) is 0 Å². The van der Waals surface area contributed by atoms with Crippen molar-refractivity contribution in [1.82, 2.24) is 25.1 Å². The van der Waals surface area contributed by atoms with E-state index in [9.17, 15) is 31.5 Å². The monoisotopic (exact) mass is 547 g/mol. The van der Waals surface area contributed by atoms with Gasteiger partial charge in [0.25, 0.3) is 11.8 Å². The van der Waals surface area contributed by atoms with Crippen molar-refractivity contribution >= 4 is 28.8 Å². The number of hydrogen-bond donors (Lipinski definition) is 3. The van der Waals surface area contributed by atoms with Gasteiger partial charge in [0.2, 0.25) is 0 Å². The number of methoxy groups -OCH3 is 1. The summed E-state index contributed by atoms with van der Waals surface area (Å²) in [6.45, 7) is 1.31. The Morgan fingerprint density at radius 1 is 1.15 bits per heavy atom. The van der Waals surface area contributed by atoms with Crippen LogP contribution < -0.4 is 21.1 Å². The number of halogens is 5. The van der Waals surface area contributed by atoms with Crippen LogP contribution in [0, 0.1) is 5.82 Å². The molecule has 0 saturated carbocycles. The molecular weight excluding hydrogens is 529 g/mol. The van der Waals surface area contributed by atoms with E-state index in [0.717, 1.165) is 17.0 Å². The Morgan fingerprint density at radius 3 is 2.51 bits per heavy atom. The highest BCUT2D eigenvalue weighted by Gasteiger charge is 2.29. The molecule has 0 fully saturated rings. The minimum Gasteiger partial charge on any atom is -0.496 e. The SMILES string of the molecule is C=C(F)C(=O)Nc1ccc(-c2nn3ncnc(N)c3c2-c2ccc(C(=O)NCC(F)(F)F)c(OC)c2)cc1F. The molecule has 0 saturated heterocycles. The van der Waals surface area contributed by atoms with E-state index in [1.807, 2.05) is 5.32 Å². The van der Waals surface area contributed by atoms with Crippen LogP contribution in [0.3, 0.4) is 0 Å². The number of hydrogen-bond acceptors (Lipinski definition) is 7. The summed E-state index contributed by atoms with van der Waals surface area (Å²) in [7, 11) is 1.22. The van der Waals surface area contributed by atoms with Gasteiger partial charge in [0.1, 0.15) is 35.6 Å². The fourth-order valence-corrected chi connectivity index (χ4v) is 3.66. The molecule has 0 aliphatic heterocycles. The quantitative estimate of drug-likeness (QED) is 0.236. The van der Waals surface area contributed by atoms with E-state index in [2.05, 4.69) is 21.8 Å². The first-order valence-corrected chi connectivity index (χ1v) is 10.9. The van der Waals surface area contributed by atoms with Crippen LogP contribution >= 0.6 is 0 Å². The zero-order valence-electron chi connectivity index (χ0n) is 19.9. The predicted octanol–water partition coefficient (Wildman–Crippen LogP) is 3.90. The number of nitrogens with one attached hydrogen (secondary N) is 2. The van der Waals surface area contributed by atoms with Crippen LogP contribution in [0.25, 0.3) is 27.9 Å². The van der Waals surface area contributed by atoms with E-state index < -0.39 is 36.2 Å². The first-order valence-electron chi connectivity index (χ1n) is 10.9. The van der Waals surface area contributed by atoms with Crippen molar-refractivity contribution in [2.75, 3.05) is 24.7 Å². The van der Waals surface area contributed by atoms with Crippen molar-refractivity contribution in [3.8, 4) is 28.1 Å². The van der Waals surface area contributed by atoms with Gasteiger partial charge >= 0.3 is 6.18 Å². The minimum atomic E-state index is -4.61. The highest BCUT2D eigenvalue weighted by Crippen LogP contribution is 2.39. The summed E-state index contributed by atoms with van der Waals surface area (Å²) in [5.74, 6) is -4.53. The summed E-state index contributed by atoms with van der Waals surface area (Å²) >= 11 is 0. The molecular formula is C24H18F5N7O3. The number of amides is 2. The lowest BCUT2D eigenvalue weighted by molar-refractivity contribution is -0.123. The molecule has 2 heterocycles. The Balaban J connectivity index is 1.83. The average Bonchev–Trinajstić information content (AvgIpc) is 3.28. The van der Waals surface area contributed by atoms with E-state index in [4.69, 9.17) is 10.5 Å². The lowest BCUT2D eigenvalue weighted by Crippen LogP contribution is -2.33. The first-order chi connectivity index (χ1) is 18.4. The predicted molar refractivity (Wildman–Crippen MR) is 130 cm³/mol. The van der Waals surface area contributed by atoms with Crippen LogP contribution in [-0.4, -0.2) is 51.5 Å². The van der Waals surface area contributed by atoms with Crippen LogP contribution in [0.2, 0.25) is 0 Å².